The van der Waals surface area contributed by atoms with Crippen molar-refractivity contribution in [2.24, 2.45) is 11.7 Å². The van der Waals surface area contributed by atoms with Gasteiger partial charge in [-0.3, -0.25) is 14.9 Å². The third kappa shape index (κ3) is 5.03. The lowest BCUT2D eigenvalue weighted by Crippen LogP contribution is -2.35. The summed E-state index contributed by atoms with van der Waals surface area (Å²) in [5, 5.41) is 24.1. The summed E-state index contributed by atoms with van der Waals surface area (Å²) in [7, 11) is 0. The number of nitrogens with two attached hydrogens (primary N) is 1. The van der Waals surface area contributed by atoms with Crippen molar-refractivity contribution in [1.29, 1.82) is 0 Å². The van der Waals surface area contributed by atoms with Crippen LogP contribution >= 0.6 is 0 Å². The minimum atomic E-state index is -1.01. The average Bonchev–Trinajstić information content (AvgIpc) is 2.34. The Morgan fingerprint density at radius 1 is 1.52 bits per heavy atom. The summed E-state index contributed by atoms with van der Waals surface area (Å²) in [4.78, 5) is 21.6. The van der Waals surface area contributed by atoms with E-state index < -0.39 is 16.4 Å². The molecule has 1 aromatic carbocycles. The summed E-state index contributed by atoms with van der Waals surface area (Å²) in [6, 6.07) is 3.85. The minimum Gasteiger partial charge on any atom is -0.388 e. The lowest BCUT2D eigenvalue weighted by atomic mass is 9.94. The van der Waals surface area contributed by atoms with E-state index in [1.807, 2.05) is 13.8 Å². The van der Waals surface area contributed by atoms with Gasteiger partial charge in [0.1, 0.15) is 5.69 Å². The number of hydrogen-bond donors (Lipinski definition) is 3. The average molecular weight is 295 g/mol. The summed E-state index contributed by atoms with van der Waals surface area (Å²) >= 11 is 0. The van der Waals surface area contributed by atoms with E-state index in [0.717, 1.165) is 0 Å². The number of anilines is 1. The third-order valence-electron chi connectivity index (χ3n) is 2.99. The van der Waals surface area contributed by atoms with Crippen LogP contribution in [0, 0.1) is 16.0 Å². The minimum absolute atomic E-state index is 0.133. The van der Waals surface area contributed by atoms with E-state index in [0.29, 0.717) is 6.42 Å². The van der Waals surface area contributed by atoms with Gasteiger partial charge in [0.2, 0.25) is 5.91 Å². The highest BCUT2D eigenvalue weighted by atomic mass is 16.6. The molecular weight excluding hydrogens is 274 g/mol. The van der Waals surface area contributed by atoms with Crippen molar-refractivity contribution in [2.75, 3.05) is 11.9 Å². The lowest BCUT2D eigenvalue weighted by molar-refractivity contribution is -0.384. The predicted octanol–water partition coefficient (Wildman–Crippen LogP) is 1.90. The van der Waals surface area contributed by atoms with E-state index in [1.54, 1.807) is 6.92 Å². The molecule has 21 heavy (non-hydrogen) atoms. The first kappa shape index (κ1) is 16.9. The molecule has 0 aromatic heterocycles. The number of rotatable bonds is 7. The number of nitrogens with one attached hydrogen (secondary N) is 1. The Hall–Kier alpha value is -2.15. The largest absolute Gasteiger partial charge is 0.388 e. The zero-order valence-corrected chi connectivity index (χ0v) is 12.4. The fourth-order valence-corrected chi connectivity index (χ4v) is 2.23. The molecule has 1 aromatic rings. The fraction of sp³-hybridized carbons (Fsp3) is 0.500. The lowest BCUT2D eigenvalue weighted by Gasteiger charge is -2.26. The first-order valence-corrected chi connectivity index (χ1v) is 6.67. The molecule has 4 N–H and O–H groups in total. The zero-order valence-electron chi connectivity index (χ0n) is 12.4. The molecule has 1 amide bonds. The van der Waals surface area contributed by atoms with E-state index in [2.05, 4.69) is 5.32 Å². The van der Waals surface area contributed by atoms with Crippen LogP contribution in [0.4, 0.5) is 11.4 Å². The molecule has 0 aliphatic heterocycles. The number of carbonyl (C=O) groups excluding carboxylic acids is 1. The Bertz CT molecular complexity index is 541. The Morgan fingerprint density at radius 2 is 2.14 bits per heavy atom. The fourth-order valence-electron chi connectivity index (χ4n) is 2.23. The van der Waals surface area contributed by atoms with Gasteiger partial charge in [-0.1, -0.05) is 13.8 Å². The number of hydrogen-bond acceptors (Lipinski definition) is 5. The molecule has 1 unspecified atom stereocenters. The summed E-state index contributed by atoms with van der Waals surface area (Å²) in [6.07, 6.45) is 0.545. The first-order valence-electron chi connectivity index (χ1n) is 6.67. The van der Waals surface area contributed by atoms with Crippen LogP contribution in [-0.2, 0) is 0 Å². The van der Waals surface area contributed by atoms with Crippen LogP contribution in [0.15, 0.2) is 18.2 Å². The van der Waals surface area contributed by atoms with Crippen molar-refractivity contribution in [1.82, 2.24) is 0 Å². The molecule has 0 heterocycles. The molecule has 0 aliphatic carbocycles. The standard InChI is InChI=1S/C14H21N3O4/c1-9(2)7-14(3,19)8-16-11-6-10(13(15)18)4-5-12(11)17(20)21/h4-6,9,16,19H,7-8H2,1-3H3,(H2,15,18). The van der Waals surface area contributed by atoms with Gasteiger partial charge in [0.05, 0.1) is 10.5 Å². The Morgan fingerprint density at radius 3 is 2.62 bits per heavy atom. The zero-order chi connectivity index (χ0) is 16.2. The maximum atomic E-state index is 11.2. The van der Waals surface area contributed by atoms with Gasteiger partial charge >= 0.3 is 0 Å². The molecule has 7 heteroatoms. The number of aliphatic hydroxyl groups is 1. The maximum Gasteiger partial charge on any atom is 0.292 e. The van der Waals surface area contributed by atoms with Crippen molar-refractivity contribution < 1.29 is 14.8 Å². The second-order valence-electron chi connectivity index (χ2n) is 5.80. The van der Waals surface area contributed by atoms with E-state index in [-0.39, 0.29) is 29.4 Å². The Balaban J connectivity index is 2.97. The van der Waals surface area contributed by atoms with Crippen LogP contribution in [0.25, 0.3) is 0 Å². The van der Waals surface area contributed by atoms with Gasteiger partial charge in [-0.05, 0) is 31.4 Å². The van der Waals surface area contributed by atoms with Crippen LogP contribution in [0.2, 0.25) is 0 Å². The Kier molecular flexibility index (Phi) is 5.26. The van der Waals surface area contributed by atoms with Crippen LogP contribution in [0.1, 0.15) is 37.6 Å². The number of nitro benzene ring substituents is 1. The number of amides is 1. The van der Waals surface area contributed by atoms with Crippen LogP contribution in [0.5, 0.6) is 0 Å². The summed E-state index contributed by atoms with van der Waals surface area (Å²) in [5.41, 5.74) is 4.33. The molecule has 0 saturated carbocycles. The highest BCUT2D eigenvalue weighted by Crippen LogP contribution is 2.27. The van der Waals surface area contributed by atoms with Gasteiger partial charge in [-0.25, -0.2) is 0 Å². The number of nitro groups is 1. The normalized spacial score (nSPS) is 13.8. The molecule has 0 spiro atoms. The molecule has 1 atom stereocenters. The number of primary amides is 1. The van der Waals surface area contributed by atoms with Crippen LogP contribution < -0.4 is 11.1 Å². The monoisotopic (exact) mass is 295 g/mol. The second kappa shape index (κ2) is 6.53. The maximum absolute atomic E-state index is 11.2. The van der Waals surface area contributed by atoms with Crippen molar-refractivity contribution in [3.8, 4) is 0 Å². The van der Waals surface area contributed by atoms with E-state index in [1.165, 1.54) is 18.2 Å². The molecule has 7 nitrogen and oxygen atoms in total. The molecular formula is C14H21N3O4. The molecule has 0 bridgehead atoms. The van der Waals surface area contributed by atoms with Gasteiger partial charge < -0.3 is 16.2 Å². The first-order chi connectivity index (χ1) is 9.62. The SMILES string of the molecule is CC(C)CC(C)(O)CNc1cc(C(N)=O)ccc1[N+](=O)[O-]. The van der Waals surface area contributed by atoms with E-state index in [9.17, 15) is 20.0 Å². The number of benzene rings is 1. The van der Waals surface area contributed by atoms with Gasteiger partial charge in [-0.15, -0.1) is 0 Å². The van der Waals surface area contributed by atoms with Gasteiger partial charge in [0.15, 0.2) is 0 Å². The highest BCUT2D eigenvalue weighted by Gasteiger charge is 2.24. The molecule has 0 radical (unpaired) electrons. The molecule has 0 saturated heterocycles. The summed E-state index contributed by atoms with van der Waals surface area (Å²) in [5.74, 6) is -0.379. The van der Waals surface area contributed by atoms with Gasteiger partial charge in [0.25, 0.3) is 5.69 Å². The quantitative estimate of drug-likeness (QED) is 0.524. The number of nitrogens with zero attached hydrogens (tertiary/aromatic N) is 1. The summed E-state index contributed by atoms with van der Waals surface area (Å²) < 4.78 is 0. The van der Waals surface area contributed by atoms with Crippen LogP contribution in [0.3, 0.4) is 0 Å². The molecule has 1 rings (SSSR count). The topological polar surface area (TPSA) is 118 Å². The third-order valence-corrected chi connectivity index (χ3v) is 2.99. The van der Waals surface area contributed by atoms with Crippen LogP contribution in [-0.4, -0.2) is 28.1 Å². The van der Waals surface area contributed by atoms with E-state index in [4.69, 9.17) is 5.73 Å². The van der Waals surface area contributed by atoms with E-state index >= 15 is 0 Å². The molecule has 116 valence electrons. The van der Waals surface area contributed by atoms with Crippen molar-refractivity contribution >= 4 is 17.3 Å². The smallest absolute Gasteiger partial charge is 0.292 e. The van der Waals surface area contributed by atoms with Gasteiger partial charge in [0, 0.05) is 18.2 Å². The number of carbonyl (C=O) groups is 1. The van der Waals surface area contributed by atoms with Crippen molar-refractivity contribution in [3.05, 3.63) is 33.9 Å². The highest BCUT2D eigenvalue weighted by molar-refractivity contribution is 5.94. The molecule has 0 fully saturated rings. The molecule has 0 aliphatic rings. The van der Waals surface area contributed by atoms with Gasteiger partial charge in [-0.2, -0.15) is 0 Å². The summed E-state index contributed by atoms with van der Waals surface area (Å²) in [6.45, 7) is 5.74. The predicted molar refractivity (Wildman–Crippen MR) is 80.2 cm³/mol. The van der Waals surface area contributed by atoms with Crippen molar-refractivity contribution in [3.63, 3.8) is 0 Å². The van der Waals surface area contributed by atoms with Crippen molar-refractivity contribution in [2.45, 2.75) is 32.8 Å². The Labute approximate surface area is 123 Å². The second-order valence-corrected chi connectivity index (χ2v) is 5.80.